The Labute approximate surface area is 376 Å². The molecule has 0 saturated heterocycles. The van der Waals surface area contributed by atoms with Gasteiger partial charge in [0.15, 0.2) is 0 Å². The minimum Gasteiger partial charge on any atom is -0.455 e. The number of nitrogens with one attached hydrogen (secondary N) is 1. The van der Waals surface area contributed by atoms with Crippen LogP contribution in [-0.2, 0) is 0 Å². The first-order valence-corrected chi connectivity index (χ1v) is 22.3. The van der Waals surface area contributed by atoms with Crippen LogP contribution in [0.1, 0.15) is 29.0 Å². The Morgan fingerprint density at radius 1 is 0.400 bits per heavy atom. The molecule has 1 aliphatic rings. The molecule has 0 radical (unpaired) electrons. The van der Waals surface area contributed by atoms with Crippen molar-refractivity contribution in [2.45, 2.75) is 12.3 Å². The zero-order valence-corrected chi connectivity index (χ0v) is 35.3. The van der Waals surface area contributed by atoms with Gasteiger partial charge >= 0.3 is 0 Å². The molecule has 1 aromatic heterocycles. The van der Waals surface area contributed by atoms with Crippen molar-refractivity contribution >= 4 is 70.9 Å². The largest absolute Gasteiger partial charge is 0.455 e. The number of nitrogens with zero attached hydrogens (tertiary/aromatic N) is 2. The quantitative estimate of drug-likeness (QED) is 0.170. The van der Waals surface area contributed by atoms with E-state index in [4.69, 9.17) is 14.7 Å². The van der Waals surface area contributed by atoms with Crippen molar-refractivity contribution in [3.8, 4) is 33.4 Å². The maximum Gasteiger partial charge on any atom is 0.143 e. The van der Waals surface area contributed by atoms with E-state index >= 15 is 0 Å². The molecule has 2 heterocycles. The third kappa shape index (κ3) is 6.46. The number of furan rings is 1. The molecule has 4 nitrogen and oxygen atoms in total. The van der Waals surface area contributed by atoms with Gasteiger partial charge in [-0.3, -0.25) is 0 Å². The molecule has 0 bridgehead atoms. The van der Waals surface area contributed by atoms with Gasteiger partial charge in [0.1, 0.15) is 11.2 Å². The van der Waals surface area contributed by atoms with Crippen LogP contribution >= 0.6 is 0 Å². The van der Waals surface area contributed by atoms with Gasteiger partial charge in [-0.1, -0.05) is 194 Å². The highest BCUT2D eigenvalue weighted by Crippen LogP contribution is 2.45. The van der Waals surface area contributed by atoms with Crippen LogP contribution < -0.4 is 5.32 Å². The van der Waals surface area contributed by atoms with Crippen LogP contribution in [0.15, 0.2) is 234 Å². The number of aliphatic imine (C=N–C) groups is 1. The van der Waals surface area contributed by atoms with E-state index in [0.717, 1.165) is 66.4 Å². The van der Waals surface area contributed by atoms with Crippen LogP contribution in [0.4, 0.5) is 0 Å². The first kappa shape index (κ1) is 37.3. The van der Waals surface area contributed by atoms with E-state index in [1.54, 1.807) is 0 Å². The molecule has 2 atom stereocenters. The van der Waals surface area contributed by atoms with E-state index in [1.807, 2.05) is 18.2 Å². The monoisotopic (exact) mass is 830 g/mol. The number of hydrogen-bond acceptors (Lipinski definition) is 3. The average molecular weight is 831 g/mol. The molecule has 11 aromatic carbocycles. The lowest BCUT2D eigenvalue weighted by Crippen LogP contribution is -2.32. The summed E-state index contributed by atoms with van der Waals surface area (Å²) in [6.07, 6.45) is -0.778. The van der Waals surface area contributed by atoms with Gasteiger partial charge in [-0.25, -0.2) is 0 Å². The smallest absolute Gasteiger partial charge is 0.143 e. The molecule has 0 fully saturated rings. The van der Waals surface area contributed by atoms with Crippen molar-refractivity contribution in [2.75, 3.05) is 0 Å². The van der Waals surface area contributed by atoms with Crippen molar-refractivity contribution in [2.24, 2.45) is 4.99 Å². The van der Waals surface area contributed by atoms with Crippen LogP contribution in [0, 0.1) is 0 Å². The van der Waals surface area contributed by atoms with Crippen LogP contribution in [0.5, 0.6) is 0 Å². The summed E-state index contributed by atoms with van der Waals surface area (Å²) in [6, 6.07) is 80.4. The molecule has 12 aromatic rings. The molecule has 13 rings (SSSR count). The van der Waals surface area contributed by atoms with Gasteiger partial charge in [0.2, 0.25) is 0 Å². The Bertz CT molecular complexity index is 3850. The van der Waals surface area contributed by atoms with Crippen LogP contribution in [0.2, 0.25) is 0 Å². The zero-order chi connectivity index (χ0) is 42.8. The molecule has 65 heavy (non-hydrogen) atoms. The Balaban J connectivity index is 1.03. The van der Waals surface area contributed by atoms with Crippen molar-refractivity contribution in [1.82, 2.24) is 5.32 Å². The summed E-state index contributed by atoms with van der Waals surface area (Å²) in [4.78, 5) is 5.40. The maximum absolute atomic E-state index is 7.08. The number of hydrogen-bond donors (Lipinski definition) is 1. The van der Waals surface area contributed by atoms with Crippen molar-refractivity contribution in [3.63, 3.8) is 0 Å². The van der Waals surface area contributed by atoms with Gasteiger partial charge in [-0.05, 0) is 124 Å². The summed E-state index contributed by atoms with van der Waals surface area (Å²) < 4.78 is 7.08. The molecule has 4 heteroatoms. The molecule has 2 unspecified atom stereocenters. The van der Waals surface area contributed by atoms with Gasteiger partial charge in [0.05, 0.1) is 0 Å². The lowest BCUT2D eigenvalue weighted by molar-refractivity contribution is 0.491. The highest BCUT2D eigenvalue weighted by Gasteiger charge is 2.24. The van der Waals surface area contributed by atoms with Crippen molar-refractivity contribution in [3.05, 3.63) is 246 Å². The fourth-order valence-corrected chi connectivity index (χ4v) is 10.0. The maximum atomic E-state index is 7.08. The third-order valence-corrected chi connectivity index (χ3v) is 13.2. The Morgan fingerprint density at radius 2 is 0.954 bits per heavy atom. The van der Waals surface area contributed by atoms with Crippen molar-refractivity contribution in [1.29, 1.82) is 0 Å². The zero-order valence-electron chi connectivity index (χ0n) is 35.3. The molecule has 0 amide bonds. The highest BCUT2D eigenvalue weighted by atomic mass is 16.3. The van der Waals surface area contributed by atoms with Crippen LogP contribution in [0.25, 0.3) is 104 Å². The molecule has 0 aliphatic carbocycles. The van der Waals surface area contributed by atoms with E-state index in [9.17, 15) is 0 Å². The second-order valence-corrected chi connectivity index (χ2v) is 17.1. The van der Waals surface area contributed by atoms with E-state index < -0.39 is 6.17 Å². The van der Waals surface area contributed by atoms with Gasteiger partial charge < -0.3 is 20.0 Å². The van der Waals surface area contributed by atoms with Crippen molar-refractivity contribution < 1.29 is 4.42 Å². The lowest BCUT2D eigenvalue weighted by Gasteiger charge is -2.40. The van der Waals surface area contributed by atoms with Crippen LogP contribution in [-0.4, -0.2) is 5.84 Å². The van der Waals surface area contributed by atoms with E-state index in [2.05, 4.69) is 212 Å². The molecule has 1 N–H and O–H groups in total. The first-order chi connectivity index (χ1) is 32.2. The van der Waals surface area contributed by atoms with Gasteiger partial charge in [0.25, 0.3) is 0 Å². The fourth-order valence-electron chi connectivity index (χ4n) is 10.0. The lowest BCUT2D eigenvalue weighted by atomic mass is 9.91. The fraction of sp³-hybridized carbons (Fsp3) is 0.0328. The number of fused-ring (bicyclic) bond motifs is 9. The third-order valence-electron chi connectivity index (χ3n) is 13.2. The van der Waals surface area contributed by atoms with Gasteiger partial charge in [-0.15, -0.1) is 0 Å². The second kappa shape index (κ2) is 15.2. The van der Waals surface area contributed by atoms with E-state index in [0.29, 0.717) is 5.84 Å². The normalized spacial score (nSPS) is 15.2. The first-order valence-electron chi connectivity index (χ1n) is 22.3. The predicted octanol–water partition coefficient (Wildman–Crippen LogP) is 16.3. The minimum atomic E-state index is -0.427. The number of amidine groups is 1. The molecule has 0 spiro atoms. The summed E-state index contributed by atoms with van der Waals surface area (Å²) >= 11 is 0. The SMILES string of the molecule is c1ccc(C2=NC(c3cccc4oc5c(-c6ccc7ccc8ccccc8c7c6)cc(-c6ccc7ccc8ccccc8c7c6)cc5c34)NC(c3cccc(-c4ccccc4)c3)[N-]2)cc1. The number of rotatable bonds is 6. The predicted molar refractivity (Wildman–Crippen MR) is 271 cm³/mol. The summed E-state index contributed by atoms with van der Waals surface area (Å²) in [5, 5.41) is 21.0. The number of benzene rings is 11. The summed E-state index contributed by atoms with van der Waals surface area (Å²) in [7, 11) is 0. The molecular formula is C61H40N3O-. The van der Waals surface area contributed by atoms with Crippen LogP contribution in [0.3, 0.4) is 0 Å². The molecule has 306 valence electrons. The molecular weight excluding hydrogens is 791 g/mol. The molecule has 0 saturated carbocycles. The Morgan fingerprint density at radius 3 is 1.68 bits per heavy atom. The Kier molecular flexibility index (Phi) is 8.71. The summed E-state index contributed by atoms with van der Waals surface area (Å²) in [5.41, 5.74) is 11.5. The average Bonchev–Trinajstić information content (AvgIpc) is 3.77. The van der Waals surface area contributed by atoms with E-state index in [-0.39, 0.29) is 6.17 Å². The summed E-state index contributed by atoms with van der Waals surface area (Å²) in [5.74, 6) is 0.711. The minimum absolute atomic E-state index is 0.351. The Hall–Kier alpha value is -8.31. The van der Waals surface area contributed by atoms with Gasteiger partial charge in [-0.2, -0.15) is 0 Å². The standard InChI is InChI=1S/C61H40N3O/c1-3-13-38(14-4-1)44-19-11-20-47(33-44)60-62-59(43-17-5-2-6-18-43)63-61(64-60)51-23-12-24-56-57(51)55-37-48(45-31-29-41-27-25-39-15-7-9-21-49(39)52(41)34-45)36-54(58(55)65-56)46-32-30-42-28-26-40-16-8-10-22-50(40)53(42)35-46/h1-37,60-61,64H/q-1. The molecule has 1 aliphatic heterocycles. The second-order valence-electron chi connectivity index (χ2n) is 17.1. The van der Waals surface area contributed by atoms with E-state index in [1.165, 1.54) is 48.7 Å². The topological polar surface area (TPSA) is 51.6 Å². The van der Waals surface area contributed by atoms with Gasteiger partial charge in [0, 0.05) is 28.7 Å². The highest BCUT2D eigenvalue weighted by molar-refractivity contribution is 6.16. The summed E-state index contributed by atoms with van der Waals surface area (Å²) in [6.45, 7) is 0.